The normalized spacial score (nSPS) is 48.3. The first kappa shape index (κ1) is 5.65. The molecule has 1 unspecified atom stereocenters. The molecule has 2 fully saturated rings. The van der Waals surface area contributed by atoms with Crippen molar-refractivity contribution in [2.75, 3.05) is 19.8 Å². The van der Waals surface area contributed by atoms with Crippen LogP contribution in [0.1, 0.15) is 6.42 Å². The van der Waals surface area contributed by atoms with Crippen molar-refractivity contribution in [1.29, 1.82) is 0 Å². The Morgan fingerprint density at radius 3 is 2.89 bits per heavy atom. The number of morpholine rings is 1. The summed E-state index contributed by atoms with van der Waals surface area (Å²) in [6, 6.07) is 0.511. The number of aliphatic hydroxyl groups excluding tert-OH is 1. The zero-order valence-electron chi connectivity index (χ0n) is 5.26. The number of hydrogen-bond acceptors (Lipinski definition) is 3. The van der Waals surface area contributed by atoms with Gasteiger partial charge in [0.15, 0.2) is 0 Å². The molecule has 2 aliphatic rings. The molecule has 0 saturated carbocycles. The Bertz CT molecular complexity index is 118. The van der Waals surface area contributed by atoms with Crippen molar-refractivity contribution in [3.63, 3.8) is 0 Å². The van der Waals surface area contributed by atoms with E-state index in [9.17, 15) is 0 Å². The Morgan fingerprint density at radius 2 is 2.67 bits per heavy atom. The van der Waals surface area contributed by atoms with Crippen molar-refractivity contribution in [3.05, 3.63) is 0 Å². The number of hydrogen-bond donors (Lipinski definition) is 2. The Balaban J connectivity index is 2.13. The van der Waals surface area contributed by atoms with Crippen molar-refractivity contribution >= 4 is 0 Å². The zero-order chi connectivity index (χ0) is 6.32. The minimum atomic E-state index is -0.204. The Kier molecular flexibility index (Phi) is 1.06. The summed E-state index contributed by atoms with van der Waals surface area (Å²) >= 11 is 0. The molecule has 2 heterocycles. The van der Waals surface area contributed by atoms with E-state index in [2.05, 4.69) is 5.32 Å². The molecular weight excluding hydrogens is 118 g/mol. The number of fused-ring (bicyclic) bond motifs is 2. The third kappa shape index (κ3) is 0.689. The SMILES string of the molecule is OCC12CN[C@H](CO1)C2. The number of nitrogens with one attached hydrogen (secondary N) is 1. The Morgan fingerprint density at radius 1 is 1.78 bits per heavy atom. The van der Waals surface area contributed by atoms with Crippen LogP contribution in [0.15, 0.2) is 0 Å². The van der Waals surface area contributed by atoms with Gasteiger partial charge in [-0.3, -0.25) is 0 Å². The quantitative estimate of drug-likeness (QED) is 0.482. The molecule has 2 saturated heterocycles. The first-order valence-electron chi connectivity index (χ1n) is 3.33. The van der Waals surface area contributed by atoms with E-state index in [1.165, 1.54) is 0 Å². The van der Waals surface area contributed by atoms with E-state index < -0.39 is 0 Å². The summed E-state index contributed by atoms with van der Waals surface area (Å²) in [7, 11) is 0. The molecule has 0 aromatic heterocycles. The molecule has 2 aliphatic heterocycles. The molecule has 2 bridgehead atoms. The van der Waals surface area contributed by atoms with E-state index in [1.807, 2.05) is 0 Å². The number of rotatable bonds is 1. The van der Waals surface area contributed by atoms with E-state index in [1.54, 1.807) is 0 Å². The average Bonchev–Trinajstić information content (AvgIpc) is 2.46. The lowest BCUT2D eigenvalue weighted by Gasteiger charge is -2.23. The molecule has 0 aromatic carbocycles. The molecule has 9 heavy (non-hydrogen) atoms. The van der Waals surface area contributed by atoms with Crippen LogP contribution in [0.3, 0.4) is 0 Å². The number of ether oxygens (including phenoxy) is 1. The van der Waals surface area contributed by atoms with Crippen LogP contribution in [0.25, 0.3) is 0 Å². The van der Waals surface area contributed by atoms with E-state index in [0.29, 0.717) is 6.04 Å². The van der Waals surface area contributed by atoms with Gasteiger partial charge in [0.2, 0.25) is 0 Å². The lowest BCUT2D eigenvalue weighted by atomic mass is 10.1. The lowest BCUT2D eigenvalue weighted by molar-refractivity contribution is -0.0432. The molecule has 0 radical (unpaired) electrons. The number of aliphatic hydroxyl groups is 1. The minimum absolute atomic E-state index is 0.163. The van der Waals surface area contributed by atoms with Gasteiger partial charge in [-0.25, -0.2) is 0 Å². The summed E-state index contributed by atoms with van der Waals surface area (Å²) < 4.78 is 5.38. The highest BCUT2D eigenvalue weighted by Crippen LogP contribution is 2.30. The van der Waals surface area contributed by atoms with Crippen LogP contribution in [0.5, 0.6) is 0 Å². The predicted octanol–water partition coefficient (Wildman–Crippen LogP) is -0.890. The van der Waals surface area contributed by atoms with Crippen molar-refractivity contribution in [3.8, 4) is 0 Å². The smallest absolute Gasteiger partial charge is 0.105 e. The van der Waals surface area contributed by atoms with E-state index in [-0.39, 0.29) is 12.2 Å². The second-order valence-corrected chi connectivity index (χ2v) is 2.93. The first-order chi connectivity index (χ1) is 4.35. The van der Waals surface area contributed by atoms with E-state index in [0.717, 1.165) is 19.6 Å². The molecule has 52 valence electrons. The third-order valence-electron chi connectivity index (χ3n) is 2.21. The summed E-state index contributed by atoms with van der Waals surface area (Å²) in [4.78, 5) is 0. The fourth-order valence-electron chi connectivity index (χ4n) is 1.60. The predicted molar refractivity (Wildman–Crippen MR) is 32.2 cm³/mol. The second-order valence-electron chi connectivity index (χ2n) is 2.93. The fourth-order valence-corrected chi connectivity index (χ4v) is 1.60. The summed E-state index contributed by atoms with van der Waals surface area (Å²) in [5.74, 6) is 0. The maximum absolute atomic E-state index is 8.88. The molecule has 0 aliphatic carbocycles. The van der Waals surface area contributed by atoms with Gasteiger partial charge in [0, 0.05) is 12.6 Å². The van der Waals surface area contributed by atoms with Gasteiger partial charge < -0.3 is 15.2 Å². The second kappa shape index (κ2) is 1.68. The van der Waals surface area contributed by atoms with Gasteiger partial charge in [0.25, 0.3) is 0 Å². The van der Waals surface area contributed by atoms with Gasteiger partial charge in [-0.2, -0.15) is 0 Å². The van der Waals surface area contributed by atoms with E-state index >= 15 is 0 Å². The molecule has 0 spiro atoms. The standard InChI is InChI=1S/C6H11NO2/c8-4-6-1-5(2-9-6)7-3-6/h5,7-8H,1-4H2/t5-,6?/m0/s1. The van der Waals surface area contributed by atoms with Crippen LogP contribution in [0.2, 0.25) is 0 Å². The van der Waals surface area contributed by atoms with Gasteiger partial charge >= 0.3 is 0 Å². The average molecular weight is 129 g/mol. The zero-order valence-corrected chi connectivity index (χ0v) is 5.26. The van der Waals surface area contributed by atoms with E-state index in [4.69, 9.17) is 9.84 Å². The van der Waals surface area contributed by atoms with Gasteiger partial charge in [0.1, 0.15) is 5.60 Å². The molecule has 2 N–H and O–H groups in total. The Labute approximate surface area is 54.0 Å². The van der Waals surface area contributed by atoms with Gasteiger partial charge in [0.05, 0.1) is 13.2 Å². The molecule has 3 heteroatoms. The van der Waals surface area contributed by atoms with Crippen molar-refractivity contribution in [1.82, 2.24) is 5.32 Å². The maximum atomic E-state index is 8.88. The van der Waals surface area contributed by atoms with Gasteiger partial charge in [-0.15, -0.1) is 0 Å². The van der Waals surface area contributed by atoms with Crippen LogP contribution in [0, 0.1) is 0 Å². The Hall–Kier alpha value is -0.120. The largest absolute Gasteiger partial charge is 0.393 e. The topological polar surface area (TPSA) is 41.5 Å². The first-order valence-corrected chi connectivity index (χ1v) is 3.33. The van der Waals surface area contributed by atoms with Gasteiger partial charge in [-0.1, -0.05) is 0 Å². The van der Waals surface area contributed by atoms with Crippen LogP contribution >= 0.6 is 0 Å². The molecule has 3 nitrogen and oxygen atoms in total. The van der Waals surface area contributed by atoms with Gasteiger partial charge in [-0.05, 0) is 6.42 Å². The van der Waals surface area contributed by atoms with Crippen LogP contribution < -0.4 is 5.32 Å². The molecule has 0 amide bonds. The van der Waals surface area contributed by atoms with Crippen molar-refractivity contribution < 1.29 is 9.84 Å². The summed E-state index contributed by atoms with van der Waals surface area (Å²) in [6.45, 7) is 1.77. The summed E-state index contributed by atoms with van der Waals surface area (Å²) in [6.07, 6.45) is 0.990. The molecular formula is C6H11NO2. The summed E-state index contributed by atoms with van der Waals surface area (Å²) in [5, 5.41) is 12.1. The van der Waals surface area contributed by atoms with Crippen LogP contribution in [-0.4, -0.2) is 36.5 Å². The van der Waals surface area contributed by atoms with Crippen molar-refractivity contribution in [2.45, 2.75) is 18.1 Å². The van der Waals surface area contributed by atoms with Crippen molar-refractivity contribution in [2.24, 2.45) is 0 Å². The third-order valence-corrected chi connectivity index (χ3v) is 2.21. The molecule has 2 rings (SSSR count). The van der Waals surface area contributed by atoms with Crippen LogP contribution in [-0.2, 0) is 4.74 Å². The summed E-state index contributed by atoms with van der Waals surface area (Å²) in [5.41, 5.74) is -0.204. The molecule has 2 atom stereocenters. The fraction of sp³-hybridized carbons (Fsp3) is 1.00. The molecule has 0 aromatic rings. The highest BCUT2D eigenvalue weighted by Gasteiger charge is 2.45. The van der Waals surface area contributed by atoms with Crippen LogP contribution in [0.4, 0.5) is 0 Å². The lowest BCUT2D eigenvalue weighted by Crippen LogP contribution is -2.41. The highest BCUT2D eigenvalue weighted by atomic mass is 16.5. The minimum Gasteiger partial charge on any atom is -0.393 e. The monoisotopic (exact) mass is 129 g/mol. The highest BCUT2D eigenvalue weighted by molar-refractivity contribution is 5.00. The maximum Gasteiger partial charge on any atom is 0.105 e.